The van der Waals surface area contributed by atoms with Crippen molar-refractivity contribution in [1.29, 1.82) is 0 Å². The van der Waals surface area contributed by atoms with Gasteiger partial charge in [-0.25, -0.2) is 4.79 Å². The van der Waals surface area contributed by atoms with E-state index in [9.17, 15) is 9.59 Å². The first kappa shape index (κ1) is 12.6. The monoisotopic (exact) mass is 311 g/mol. The normalized spacial score (nSPS) is 10.3. The van der Waals surface area contributed by atoms with Crippen molar-refractivity contribution in [3.05, 3.63) is 57.3 Å². The van der Waals surface area contributed by atoms with E-state index >= 15 is 0 Å². The van der Waals surface area contributed by atoms with Crippen molar-refractivity contribution in [1.82, 2.24) is 4.57 Å². The van der Waals surface area contributed by atoms with Gasteiger partial charge in [0.25, 0.3) is 5.56 Å². The molecule has 0 aromatic carbocycles. The van der Waals surface area contributed by atoms with Crippen LogP contribution in [0.25, 0.3) is 0 Å². The molecule has 0 unspecified atom stereocenters. The number of halogens is 1. The third-order valence-electron chi connectivity index (χ3n) is 2.27. The molecule has 0 radical (unpaired) electrons. The standard InChI is InChI=1S/C12H10BrNO4/c13-10-1-2-11(15)14(7-10)4-6-18-12(16)9-3-5-17-8-9/h1-3,5,7-8H,4,6H2. The van der Waals surface area contributed by atoms with Gasteiger partial charge in [-0.1, -0.05) is 0 Å². The Morgan fingerprint density at radius 3 is 2.94 bits per heavy atom. The second kappa shape index (κ2) is 5.68. The van der Waals surface area contributed by atoms with Crippen LogP contribution in [0.4, 0.5) is 0 Å². The number of pyridine rings is 1. The van der Waals surface area contributed by atoms with Crippen LogP contribution in [0, 0.1) is 0 Å². The summed E-state index contributed by atoms with van der Waals surface area (Å²) in [6, 6.07) is 4.63. The quantitative estimate of drug-likeness (QED) is 0.811. The maximum Gasteiger partial charge on any atom is 0.341 e. The first-order valence-electron chi connectivity index (χ1n) is 5.22. The van der Waals surface area contributed by atoms with E-state index in [0.29, 0.717) is 12.1 Å². The Bertz CT molecular complexity index is 588. The Kier molecular flexibility index (Phi) is 3.99. The van der Waals surface area contributed by atoms with Gasteiger partial charge in [-0.3, -0.25) is 4.79 Å². The van der Waals surface area contributed by atoms with E-state index < -0.39 is 5.97 Å². The summed E-state index contributed by atoms with van der Waals surface area (Å²) in [6.45, 7) is 0.433. The van der Waals surface area contributed by atoms with Crippen LogP contribution in [0.15, 0.2) is 50.6 Å². The van der Waals surface area contributed by atoms with Gasteiger partial charge in [0.05, 0.1) is 18.4 Å². The number of furan rings is 1. The summed E-state index contributed by atoms with van der Waals surface area (Å²) < 4.78 is 12.0. The van der Waals surface area contributed by atoms with Gasteiger partial charge in [-0.05, 0) is 28.1 Å². The molecule has 94 valence electrons. The van der Waals surface area contributed by atoms with E-state index in [1.54, 1.807) is 12.3 Å². The van der Waals surface area contributed by atoms with E-state index in [0.717, 1.165) is 4.47 Å². The lowest BCUT2D eigenvalue weighted by atomic mass is 10.3. The van der Waals surface area contributed by atoms with Crippen molar-refractivity contribution in [2.24, 2.45) is 0 Å². The molecular formula is C12H10BrNO4. The molecule has 0 aliphatic carbocycles. The number of carbonyl (C=O) groups excluding carboxylic acids is 1. The minimum absolute atomic E-state index is 0.125. The number of esters is 1. The van der Waals surface area contributed by atoms with Gasteiger partial charge in [0.1, 0.15) is 12.9 Å². The van der Waals surface area contributed by atoms with Crippen LogP contribution in [0.1, 0.15) is 10.4 Å². The van der Waals surface area contributed by atoms with Crippen molar-refractivity contribution in [2.75, 3.05) is 6.61 Å². The molecule has 0 fully saturated rings. The van der Waals surface area contributed by atoms with E-state index in [1.165, 1.54) is 29.2 Å². The Morgan fingerprint density at radius 1 is 1.39 bits per heavy atom. The molecule has 0 atom stereocenters. The maximum absolute atomic E-state index is 11.5. The Labute approximate surface area is 111 Å². The van der Waals surface area contributed by atoms with Crippen molar-refractivity contribution in [3.63, 3.8) is 0 Å². The fourth-order valence-corrected chi connectivity index (χ4v) is 1.76. The molecular weight excluding hydrogens is 302 g/mol. The fraction of sp³-hybridized carbons (Fsp3) is 0.167. The van der Waals surface area contributed by atoms with Crippen molar-refractivity contribution >= 4 is 21.9 Å². The van der Waals surface area contributed by atoms with Gasteiger partial charge < -0.3 is 13.7 Å². The van der Waals surface area contributed by atoms with Gasteiger partial charge in [-0.15, -0.1) is 0 Å². The molecule has 0 spiro atoms. The number of hydrogen-bond acceptors (Lipinski definition) is 4. The number of carbonyl (C=O) groups is 1. The van der Waals surface area contributed by atoms with E-state index in [4.69, 9.17) is 9.15 Å². The van der Waals surface area contributed by atoms with E-state index in [1.807, 2.05) is 0 Å². The van der Waals surface area contributed by atoms with Gasteiger partial charge in [0, 0.05) is 16.7 Å². The highest BCUT2D eigenvalue weighted by Crippen LogP contribution is 2.05. The highest BCUT2D eigenvalue weighted by molar-refractivity contribution is 9.10. The zero-order chi connectivity index (χ0) is 13.0. The molecule has 0 saturated carbocycles. The first-order valence-corrected chi connectivity index (χ1v) is 6.01. The molecule has 0 N–H and O–H groups in total. The smallest absolute Gasteiger partial charge is 0.341 e. The lowest BCUT2D eigenvalue weighted by Gasteiger charge is -2.06. The largest absolute Gasteiger partial charge is 0.472 e. The summed E-state index contributed by atoms with van der Waals surface area (Å²) >= 11 is 3.27. The molecule has 18 heavy (non-hydrogen) atoms. The lowest BCUT2D eigenvalue weighted by Crippen LogP contribution is -2.21. The van der Waals surface area contributed by atoms with Gasteiger partial charge in [-0.2, -0.15) is 0 Å². The Hall–Kier alpha value is -1.82. The Balaban J connectivity index is 1.91. The van der Waals surface area contributed by atoms with Crippen LogP contribution in [-0.2, 0) is 11.3 Å². The predicted molar refractivity (Wildman–Crippen MR) is 67.4 cm³/mol. The van der Waals surface area contributed by atoms with Crippen LogP contribution >= 0.6 is 15.9 Å². The average Bonchev–Trinajstić information content (AvgIpc) is 2.87. The molecule has 2 heterocycles. The summed E-state index contributed by atoms with van der Waals surface area (Å²) in [7, 11) is 0. The predicted octanol–water partition coefficient (Wildman–Crippen LogP) is 2.06. The summed E-state index contributed by atoms with van der Waals surface area (Å²) in [4.78, 5) is 22.9. The highest BCUT2D eigenvalue weighted by Gasteiger charge is 2.08. The molecule has 0 amide bonds. The third kappa shape index (κ3) is 3.10. The number of hydrogen-bond donors (Lipinski definition) is 0. The number of aromatic nitrogens is 1. The third-order valence-corrected chi connectivity index (χ3v) is 2.74. The molecule has 2 aromatic rings. The highest BCUT2D eigenvalue weighted by atomic mass is 79.9. The maximum atomic E-state index is 11.5. The number of nitrogens with zero attached hydrogens (tertiary/aromatic N) is 1. The second-order valence-electron chi connectivity index (χ2n) is 3.53. The van der Waals surface area contributed by atoms with Gasteiger partial charge in [0.2, 0.25) is 0 Å². The number of ether oxygens (including phenoxy) is 1. The van der Waals surface area contributed by atoms with Crippen LogP contribution < -0.4 is 5.56 Å². The minimum Gasteiger partial charge on any atom is -0.472 e. The topological polar surface area (TPSA) is 61.4 Å². The lowest BCUT2D eigenvalue weighted by molar-refractivity contribution is 0.0489. The van der Waals surface area contributed by atoms with Gasteiger partial charge in [0.15, 0.2) is 0 Å². The first-order chi connectivity index (χ1) is 8.66. The number of rotatable bonds is 4. The Morgan fingerprint density at radius 2 is 2.22 bits per heavy atom. The second-order valence-corrected chi connectivity index (χ2v) is 4.44. The van der Waals surface area contributed by atoms with Crippen LogP contribution in [0.2, 0.25) is 0 Å². The van der Waals surface area contributed by atoms with Crippen LogP contribution in [-0.4, -0.2) is 17.1 Å². The molecule has 0 aliphatic rings. The molecule has 2 rings (SSSR count). The van der Waals surface area contributed by atoms with Crippen LogP contribution in [0.3, 0.4) is 0 Å². The molecule has 2 aromatic heterocycles. The minimum atomic E-state index is -0.466. The van der Waals surface area contributed by atoms with Gasteiger partial charge >= 0.3 is 5.97 Å². The SMILES string of the molecule is O=C(OCCn1cc(Br)ccc1=O)c1ccoc1. The molecule has 5 nitrogen and oxygen atoms in total. The zero-order valence-corrected chi connectivity index (χ0v) is 10.9. The molecule has 0 saturated heterocycles. The fourth-order valence-electron chi connectivity index (χ4n) is 1.38. The van der Waals surface area contributed by atoms with E-state index in [-0.39, 0.29) is 12.2 Å². The van der Waals surface area contributed by atoms with Crippen molar-refractivity contribution < 1.29 is 13.9 Å². The zero-order valence-electron chi connectivity index (χ0n) is 9.34. The average molecular weight is 312 g/mol. The van der Waals surface area contributed by atoms with E-state index in [2.05, 4.69) is 15.9 Å². The summed E-state index contributed by atoms with van der Waals surface area (Å²) in [5.74, 6) is -0.466. The molecule has 0 aliphatic heterocycles. The summed E-state index contributed by atoms with van der Waals surface area (Å²) in [6.07, 6.45) is 4.36. The molecule has 0 bridgehead atoms. The molecule has 6 heteroatoms. The summed E-state index contributed by atoms with van der Waals surface area (Å²) in [5, 5.41) is 0. The van der Waals surface area contributed by atoms with Crippen LogP contribution in [0.5, 0.6) is 0 Å². The van der Waals surface area contributed by atoms with Crippen molar-refractivity contribution in [3.8, 4) is 0 Å². The summed E-state index contributed by atoms with van der Waals surface area (Å²) in [5.41, 5.74) is 0.217. The van der Waals surface area contributed by atoms with Crippen molar-refractivity contribution in [2.45, 2.75) is 6.54 Å².